The third-order valence-electron chi connectivity index (χ3n) is 2.62. The van der Waals surface area contributed by atoms with Crippen LogP contribution in [0.1, 0.15) is 12.8 Å². The third kappa shape index (κ3) is 2.96. The Hall–Kier alpha value is 0.610. The molecule has 0 bridgehead atoms. The summed E-state index contributed by atoms with van der Waals surface area (Å²) in [6.45, 7) is 0.764. The van der Waals surface area contributed by atoms with Gasteiger partial charge < -0.3 is 4.90 Å². The van der Waals surface area contributed by atoms with Crippen molar-refractivity contribution in [3.05, 3.63) is 25.6 Å². The molecule has 1 amide bonds. The lowest BCUT2D eigenvalue weighted by atomic mass is 10.1. The van der Waals surface area contributed by atoms with Gasteiger partial charge >= 0.3 is 0 Å². The number of carbonyl (C=O) groups excluding carboxylic acids is 1. The van der Waals surface area contributed by atoms with E-state index in [0.29, 0.717) is 0 Å². The fourth-order valence-corrected chi connectivity index (χ4v) is 5.10. The molecule has 1 heterocycles. The van der Waals surface area contributed by atoms with Crippen molar-refractivity contribution in [2.24, 2.45) is 0 Å². The van der Waals surface area contributed by atoms with Gasteiger partial charge in [0.1, 0.15) is 0 Å². The SMILES string of the molecule is O=C1C(Br)CCCN1c1c(Br)cc(Br)cc1Br. The topological polar surface area (TPSA) is 20.3 Å². The standard InChI is InChI=1S/C11H9Br4NO/c12-6-4-8(14)10(9(15)5-6)16-3-1-2-7(13)11(16)17/h4-5,7H,1-3H2. The molecule has 1 unspecified atom stereocenters. The van der Waals surface area contributed by atoms with E-state index >= 15 is 0 Å². The number of rotatable bonds is 1. The van der Waals surface area contributed by atoms with Crippen molar-refractivity contribution in [2.45, 2.75) is 17.7 Å². The smallest absolute Gasteiger partial charge is 0.240 e. The summed E-state index contributed by atoms with van der Waals surface area (Å²) >= 11 is 13.9. The van der Waals surface area contributed by atoms with Crippen molar-refractivity contribution in [1.29, 1.82) is 0 Å². The summed E-state index contributed by atoms with van der Waals surface area (Å²) < 4.78 is 2.79. The third-order valence-corrected chi connectivity index (χ3v) is 5.14. The molecule has 1 aromatic carbocycles. The molecule has 0 N–H and O–H groups in total. The van der Waals surface area contributed by atoms with Gasteiger partial charge in [-0.15, -0.1) is 0 Å². The van der Waals surface area contributed by atoms with Crippen LogP contribution in [0.15, 0.2) is 25.6 Å². The van der Waals surface area contributed by atoms with Gasteiger partial charge in [-0.1, -0.05) is 31.9 Å². The van der Waals surface area contributed by atoms with Crippen molar-refractivity contribution in [3.63, 3.8) is 0 Å². The van der Waals surface area contributed by atoms with E-state index in [0.717, 1.165) is 38.5 Å². The Kier molecular flexibility index (Phi) is 4.72. The van der Waals surface area contributed by atoms with Gasteiger partial charge in [0.15, 0.2) is 0 Å². The molecule has 0 radical (unpaired) electrons. The first-order chi connectivity index (χ1) is 8.00. The van der Waals surface area contributed by atoms with E-state index in [1.807, 2.05) is 17.0 Å². The molecular weight excluding hydrogens is 482 g/mol. The van der Waals surface area contributed by atoms with Crippen LogP contribution in [0.5, 0.6) is 0 Å². The Morgan fingerprint density at radius 1 is 1.18 bits per heavy atom. The van der Waals surface area contributed by atoms with Crippen molar-refractivity contribution in [2.75, 3.05) is 11.4 Å². The van der Waals surface area contributed by atoms with E-state index in [1.54, 1.807) is 0 Å². The first kappa shape index (κ1) is 14.0. The van der Waals surface area contributed by atoms with Crippen molar-refractivity contribution < 1.29 is 4.79 Å². The molecular formula is C11H9Br4NO. The number of piperidine rings is 1. The zero-order chi connectivity index (χ0) is 12.6. The lowest BCUT2D eigenvalue weighted by Crippen LogP contribution is -2.42. The van der Waals surface area contributed by atoms with Gasteiger partial charge in [-0.05, 0) is 56.8 Å². The Balaban J connectivity index is 2.43. The summed E-state index contributed by atoms with van der Waals surface area (Å²) in [5.41, 5.74) is 0.905. The molecule has 1 aromatic rings. The molecule has 2 nitrogen and oxygen atoms in total. The van der Waals surface area contributed by atoms with Crippen LogP contribution in [0, 0.1) is 0 Å². The highest BCUT2D eigenvalue weighted by Crippen LogP contribution is 2.39. The number of hydrogen-bond acceptors (Lipinski definition) is 1. The Labute approximate surface area is 134 Å². The van der Waals surface area contributed by atoms with Crippen molar-refractivity contribution in [3.8, 4) is 0 Å². The van der Waals surface area contributed by atoms with Crippen LogP contribution in [0.3, 0.4) is 0 Å². The number of carbonyl (C=O) groups is 1. The largest absolute Gasteiger partial charge is 0.309 e. The van der Waals surface area contributed by atoms with Gasteiger partial charge in [-0.25, -0.2) is 0 Å². The van der Waals surface area contributed by atoms with Crippen LogP contribution in [0.25, 0.3) is 0 Å². The zero-order valence-corrected chi connectivity index (χ0v) is 15.1. The Bertz CT molecular complexity index is 440. The molecule has 1 fully saturated rings. The Morgan fingerprint density at radius 3 is 2.35 bits per heavy atom. The van der Waals surface area contributed by atoms with Crippen LogP contribution in [-0.2, 0) is 4.79 Å². The van der Waals surface area contributed by atoms with Gasteiger partial charge in [0, 0.05) is 20.0 Å². The van der Waals surface area contributed by atoms with Gasteiger partial charge in [0.05, 0.1) is 10.5 Å². The normalized spacial score (nSPS) is 20.8. The monoisotopic (exact) mass is 487 g/mol. The second-order valence-electron chi connectivity index (χ2n) is 3.82. The summed E-state index contributed by atoms with van der Waals surface area (Å²) in [4.78, 5) is 13.9. The highest BCUT2D eigenvalue weighted by molar-refractivity contribution is 9.11. The molecule has 2 rings (SSSR count). The van der Waals surface area contributed by atoms with Crippen LogP contribution in [0.2, 0.25) is 0 Å². The molecule has 6 heteroatoms. The van der Waals surface area contributed by atoms with Crippen molar-refractivity contribution >= 4 is 75.3 Å². The van der Waals surface area contributed by atoms with Gasteiger partial charge in [-0.3, -0.25) is 4.79 Å². The fraction of sp³-hybridized carbons (Fsp3) is 0.364. The fourth-order valence-electron chi connectivity index (χ4n) is 1.85. The average Bonchev–Trinajstić information content (AvgIpc) is 2.23. The lowest BCUT2D eigenvalue weighted by Gasteiger charge is -2.31. The number of halogens is 4. The van der Waals surface area contributed by atoms with Crippen LogP contribution >= 0.6 is 63.7 Å². The zero-order valence-electron chi connectivity index (χ0n) is 8.72. The van der Waals surface area contributed by atoms with Gasteiger partial charge in [0.25, 0.3) is 0 Å². The molecule has 0 spiro atoms. The van der Waals surface area contributed by atoms with Crippen molar-refractivity contribution in [1.82, 2.24) is 0 Å². The van der Waals surface area contributed by atoms with E-state index in [1.165, 1.54) is 0 Å². The lowest BCUT2D eigenvalue weighted by molar-refractivity contribution is -0.118. The van der Waals surface area contributed by atoms with E-state index in [2.05, 4.69) is 63.7 Å². The number of benzene rings is 1. The number of alkyl halides is 1. The molecule has 0 aromatic heterocycles. The van der Waals surface area contributed by atoms with Crippen LogP contribution in [-0.4, -0.2) is 17.3 Å². The van der Waals surface area contributed by atoms with Gasteiger partial charge in [0.2, 0.25) is 5.91 Å². The summed E-state index contributed by atoms with van der Waals surface area (Å²) in [6, 6.07) is 3.90. The summed E-state index contributed by atoms with van der Waals surface area (Å²) in [6.07, 6.45) is 1.91. The number of anilines is 1. The predicted molar refractivity (Wildman–Crippen MR) is 83.8 cm³/mol. The highest BCUT2D eigenvalue weighted by atomic mass is 79.9. The van der Waals surface area contributed by atoms with Crippen LogP contribution < -0.4 is 4.90 Å². The average molecular weight is 491 g/mol. The number of nitrogens with zero attached hydrogens (tertiary/aromatic N) is 1. The van der Waals surface area contributed by atoms with E-state index in [4.69, 9.17) is 0 Å². The second kappa shape index (κ2) is 5.72. The molecule has 17 heavy (non-hydrogen) atoms. The van der Waals surface area contributed by atoms with E-state index in [9.17, 15) is 4.79 Å². The maximum Gasteiger partial charge on any atom is 0.240 e. The number of amides is 1. The first-order valence-electron chi connectivity index (χ1n) is 5.10. The maximum absolute atomic E-state index is 12.1. The van der Waals surface area contributed by atoms with Crippen LogP contribution in [0.4, 0.5) is 5.69 Å². The molecule has 1 aliphatic rings. The summed E-state index contributed by atoms with van der Waals surface area (Å²) in [5.74, 6) is 0.125. The minimum Gasteiger partial charge on any atom is -0.309 e. The predicted octanol–water partition coefficient (Wildman–Crippen LogP) is 4.86. The molecule has 1 aliphatic heterocycles. The number of hydrogen-bond donors (Lipinski definition) is 0. The molecule has 0 aliphatic carbocycles. The maximum atomic E-state index is 12.1. The Morgan fingerprint density at radius 2 is 1.76 bits per heavy atom. The highest BCUT2D eigenvalue weighted by Gasteiger charge is 2.29. The molecule has 1 atom stereocenters. The summed E-state index contributed by atoms with van der Waals surface area (Å²) in [7, 11) is 0. The molecule has 0 saturated carbocycles. The molecule has 92 valence electrons. The van der Waals surface area contributed by atoms with E-state index in [-0.39, 0.29) is 10.7 Å². The second-order valence-corrected chi connectivity index (χ2v) is 7.55. The van der Waals surface area contributed by atoms with Gasteiger partial charge in [-0.2, -0.15) is 0 Å². The van der Waals surface area contributed by atoms with E-state index < -0.39 is 0 Å². The minimum atomic E-state index is -0.0707. The molecule has 1 saturated heterocycles. The minimum absolute atomic E-state index is 0.0707. The summed E-state index contributed by atoms with van der Waals surface area (Å²) in [5, 5.41) is 0. The quantitative estimate of drug-likeness (QED) is 0.515. The first-order valence-corrected chi connectivity index (χ1v) is 8.40.